The van der Waals surface area contributed by atoms with E-state index in [4.69, 9.17) is 9.47 Å². The van der Waals surface area contributed by atoms with E-state index in [-0.39, 0.29) is 11.7 Å². The highest BCUT2D eigenvalue weighted by Gasteiger charge is 2.27. The molecule has 0 spiro atoms. The normalized spacial score (nSPS) is 11.8. The van der Waals surface area contributed by atoms with E-state index in [1.807, 2.05) is 19.9 Å². The van der Waals surface area contributed by atoms with Gasteiger partial charge in [-0.25, -0.2) is 4.79 Å². The zero-order valence-corrected chi connectivity index (χ0v) is 16.3. The lowest BCUT2D eigenvalue weighted by molar-refractivity contribution is -0.157. The number of carbonyl (C=O) groups is 2. The van der Waals surface area contributed by atoms with Gasteiger partial charge in [0.1, 0.15) is 0 Å². The molecular weight excluding hydrogens is 358 g/mol. The summed E-state index contributed by atoms with van der Waals surface area (Å²) in [4.78, 5) is 26.8. The Bertz CT molecular complexity index is 828. The average molecular weight is 383 g/mol. The monoisotopic (exact) mass is 383 g/mol. The summed E-state index contributed by atoms with van der Waals surface area (Å²) >= 11 is 0. The third-order valence-electron chi connectivity index (χ3n) is 4.25. The van der Waals surface area contributed by atoms with Crippen LogP contribution in [0.2, 0.25) is 0 Å². The number of methoxy groups -OCH3 is 1. The molecule has 28 heavy (non-hydrogen) atoms. The standard InChI is InChI=1S/C22H25NO5/c1-4-23(5-2)22(26)21(17-9-7-6-8-10-17)28-20(25)14-12-16-11-13-18(24)19(15-16)27-3/h6-15,21,24H,4-5H2,1-3H3/b14-12+/t21-/m0/s1. The first-order valence-corrected chi connectivity index (χ1v) is 9.09. The predicted molar refractivity (Wildman–Crippen MR) is 107 cm³/mol. The molecule has 148 valence electrons. The quantitative estimate of drug-likeness (QED) is 0.557. The van der Waals surface area contributed by atoms with E-state index in [0.29, 0.717) is 30.0 Å². The van der Waals surface area contributed by atoms with Crippen LogP contribution < -0.4 is 4.74 Å². The van der Waals surface area contributed by atoms with Crippen LogP contribution in [0.5, 0.6) is 11.5 Å². The summed E-state index contributed by atoms with van der Waals surface area (Å²) in [6.07, 6.45) is 1.78. The van der Waals surface area contributed by atoms with Gasteiger partial charge in [0.25, 0.3) is 5.91 Å². The van der Waals surface area contributed by atoms with Crippen molar-refractivity contribution in [1.82, 2.24) is 4.90 Å². The van der Waals surface area contributed by atoms with Gasteiger partial charge in [0.15, 0.2) is 11.5 Å². The fourth-order valence-electron chi connectivity index (χ4n) is 2.71. The first-order chi connectivity index (χ1) is 13.5. The van der Waals surface area contributed by atoms with Gasteiger partial charge >= 0.3 is 5.97 Å². The van der Waals surface area contributed by atoms with E-state index in [0.717, 1.165) is 0 Å². The summed E-state index contributed by atoms with van der Waals surface area (Å²) in [6.45, 7) is 4.81. The zero-order chi connectivity index (χ0) is 20.5. The lowest BCUT2D eigenvalue weighted by Crippen LogP contribution is -2.36. The summed E-state index contributed by atoms with van der Waals surface area (Å²) in [6, 6.07) is 13.6. The second kappa shape index (κ2) is 10.2. The average Bonchev–Trinajstić information content (AvgIpc) is 2.72. The van der Waals surface area contributed by atoms with Crippen molar-refractivity contribution in [3.63, 3.8) is 0 Å². The van der Waals surface area contributed by atoms with Crippen LogP contribution in [0.4, 0.5) is 0 Å². The van der Waals surface area contributed by atoms with Crippen molar-refractivity contribution in [2.45, 2.75) is 20.0 Å². The Morgan fingerprint density at radius 1 is 1.11 bits per heavy atom. The molecule has 0 heterocycles. The number of phenolic OH excluding ortho intramolecular Hbond substituents is 1. The summed E-state index contributed by atoms with van der Waals surface area (Å²) < 4.78 is 10.5. The van der Waals surface area contributed by atoms with Gasteiger partial charge in [0.2, 0.25) is 6.10 Å². The number of ether oxygens (including phenoxy) is 2. The summed E-state index contributed by atoms with van der Waals surface area (Å²) in [7, 11) is 1.44. The van der Waals surface area contributed by atoms with Crippen molar-refractivity contribution in [3.05, 3.63) is 65.7 Å². The van der Waals surface area contributed by atoms with Gasteiger partial charge in [0, 0.05) is 24.7 Å². The molecule has 0 saturated heterocycles. The molecule has 1 atom stereocenters. The lowest BCUT2D eigenvalue weighted by atomic mass is 10.1. The number of benzene rings is 2. The van der Waals surface area contributed by atoms with Crippen molar-refractivity contribution in [1.29, 1.82) is 0 Å². The van der Waals surface area contributed by atoms with Gasteiger partial charge in [0.05, 0.1) is 7.11 Å². The molecule has 6 heteroatoms. The number of rotatable bonds is 8. The van der Waals surface area contributed by atoms with Gasteiger partial charge in [-0.2, -0.15) is 0 Å². The molecule has 0 aromatic heterocycles. The molecule has 6 nitrogen and oxygen atoms in total. The van der Waals surface area contributed by atoms with Crippen LogP contribution in [-0.4, -0.2) is 42.1 Å². The summed E-state index contributed by atoms with van der Waals surface area (Å²) in [5.74, 6) is -0.587. The number of nitrogens with zero attached hydrogens (tertiary/aromatic N) is 1. The highest BCUT2D eigenvalue weighted by atomic mass is 16.5. The summed E-state index contributed by atoms with van der Waals surface area (Å²) in [5, 5.41) is 9.63. The number of hydrogen-bond donors (Lipinski definition) is 1. The van der Waals surface area contributed by atoms with E-state index in [9.17, 15) is 14.7 Å². The molecule has 1 N–H and O–H groups in total. The third-order valence-corrected chi connectivity index (χ3v) is 4.25. The molecule has 0 fully saturated rings. The maximum absolute atomic E-state index is 12.8. The van der Waals surface area contributed by atoms with Gasteiger partial charge in [-0.15, -0.1) is 0 Å². The molecule has 0 aliphatic heterocycles. The highest BCUT2D eigenvalue weighted by Crippen LogP contribution is 2.27. The number of carbonyl (C=O) groups excluding carboxylic acids is 2. The lowest BCUT2D eigenvalue weighted by Gasteiger charge is -2.25. The van der Waals surface area contributed by atoms with E-state index in [2.05, 4.69) is 0 Å². The number of hydrogen-bond acceptors (Lipinski definition) is 5. The highest BCUT2D eigenvalue weighted by molar-refractivity contribution is 5.91. The maximum atomic E-state index is 12.8. The third kappa shape index (κ3) is 5.36. The Balaban J connectivity index is 2.19. The fourth-order valence-corrected chi connectivity index (χ4v) is 2.71. The Hall–Kier alpha value is -3.28. The van der Waals surface area contributed by atoms with Crippen LogP contribution in [0.25, 0.3) is 6.08 Å². The van der Waals surface area contributed by atoms with E-state index in [1.165, 1.54) is 25.3 Å². The van der Waals surface area contributed by atoms with Crippen LogP contribution in [0.15, 0.2) is 54.6 Å². The molecule has 0 radical (unpaired) electrons. The molecule has 0 bridgehead atoms. The summed E-state index contributed by atoms with van der Waals surface area (Å²) in [5.41, 5.74) is 1.27. The molecule has 0 saturated carbocycles. The van der Waals surface area contributed by atoms with E-state index in [1.54, 1.807) is 41.3 Å². The van der Waals surface area contributed by atoms with Crippen LogP contribution in [0.3, 0.4) is 0 Å². The van der Waals surface area contributed by atoms with Crippen molar-refractivity contribution in [2.24, 2.45) is 0 Å². The molecular formula is C22H25NO5. The zero-order valence-electron chi connectivity index (χ0n) is 16.3. The van der Waals surface area contributed by atoms with Crippen LogP contribution in [-0.2, 0) is 14.3 Å². The number of phenols is 1. The first-order valence-electron chi connectivity index (χ1n) is 9.09. The molecule has 2 rings (SSSR count). The molecule has 1 amide bonds. The first kappa shape index (κ1) is 21.0. The SMILES string of the molecule is CCN(CC)C(=O)[C@@H](OC(=O)/C=C/c1ccc(O)c(OC)c1)c1ccccc1. The molecule has 2 aromatic rings. The predicted octanol–water partition coefficient (Wildman–Crippen LogP) is 3.57. The van der Waals surface area contributed by atoms with Gasteiger partial charge < -0.3 is 19.5 Å². The minimum absolute atomic E-state index is 0.0104. The number of likely N-dealkylation sites (N-methyl/N-ethyl adjacent to an activating group) is 1. The Morgan fingerprint density at radius 3 is 2.39 bits per heavy atom. The van der Waals surface area contributed by atoms with Crippen molar-refractivity contribution < 1.29 is 24.2 Å². The second-order valence-electron chi connectivity index (χ2n) is 6.00. The minimum Gasteiger partial charge on any atom is -0.504 e. The molecule has 0 unspecified atom stereocenters. The smallest absolute Gasteiger partial charge is 0.331 e. The minimum atomic E-state index is -1.01. The van der Waals surface area contributed by atoms with Gasteiger partial charge in [-0.3, -0.25) is 4.79 Å². The Kier molecular flexibility index (Phi) is 7.63. The van der Waals surface area contributed by atoms with E-state index >= 15 is 0 Å². The van der Waals surface area contributed by atoms with Crippen LogP contribution in [0, 0.1) is 0 Å². The molecule has 2 aromatic carbocycles. The van der Waals surface area contributed by atoms with Gasteiger partial charge in [-0.05, 0) is 37.6 Å². The van der Waals surface area contributed by atoms with Crippen molar-refractivity contribution in [3.8, 4) is 11.5 Å². The van der Waals surface area contributed by atoms with Crippen molar-refractivity contribution in [2.75, 3.05) is 20.2 Å². The number of aromatic hydroxyl groups is 1. The van der Waals surface area contributed by atoms with Gasteiger partial charge in [-0.1, -0.05) is 36.4 Å². The molecule has 0 aliphatic rings. The Morgan fingerprint density at radius 2 is 1.79 bits per heavy atom. The number of esters is 1. The largest absolute Gasteiger partial charge is 0.504 e. The maximum Gasteiger partial charge on any atom is 0.331 e. The van der Waals surface area contributed by atoms with E-state index < -0.39 is 12.1 Å². The molecule has 0 aliphatic carbocycles. The topological polar surface area (TPSA) is 76.1 Å². The van der Waals surface area contributed by atoms with Crippen molar-refractivity contribution >= 4 is 18.0 Å². The number of amides is 1. The second-order valence-corrected chi connectivity index (χ2v) is 6.00. The van der Waals surface area contributed by atoms with Crippen LogP contribution >= 0.6 is 0 Å². The fraction of sp³-hybridized carbons (Fsp3) is 0.273. The Labute approximate surface area is 165 Å². The van der Waals surface area contributed by atoms with Crippen LogP contribution in [0.1, 0.15) is 31.1 Å².